The van der Waals surface area contributed by atoms with Crippen LogP contribution in [-0.4, -0.2) is 25.4 Å². The van der Waals surface area contributed by atoms with Gasteiger partial charge in [-0.2, -0.15) is 0 Å². The second-order valence-electron chi connectivity index (χ2n) is 5.83. The van der Waals surface area contributed by atoms with E-state index in [9.17, 15) is 5.11 Å². The van der Waals surface area contributed by atoms with E-state index in [4.69, 9.17) is 15.2 Å². The van der Waals surface area contributed by atoms with Gasteiger partial charge in [-0.25, -0.2) is 0 Å². The molecule has 1 rings (SSSR count). The lowest BCUT2D eigenvalue weighted by Gasteiger charge is -2.29. The molecule has 4 heteroatoms. The van der Waals surface area contributed by atoms with Crippen LogP contribution in [0, 0.1) is 5.41 Å². The highest BCUT2D eigenvalue weighted by Crippen LogP contribution is 2.33. The Hall–Kier alpha value is -1.26. The van der Waals surface area contributed by atoms with Crippen LogP contribution in [0.5, 0.6) is 11.5 Å². The number of methoxy groups -OCH3 is 2. The third-order valence-electron chi connectivity index (χ3n) is 3.39. The third kappa shape index (κ3) is 4.11. The zero-order valence-electron chi connectivity index (χ0n) is 12.4. The molecular formula is C15H25NO3. The lowest BCUT2D eigenvalue weighted by Crippen LogP contribution is -2.36. The summed E-state index contributed by atoms with van der Waals surface area (Å²) in [6.07, 6.45) is -0.151. The van der Waals surface area contributed by atoms with Crippen LogP contribution >= 0.6 is 0 Å². The Bertz CT molecular complexity index is 412. The lowest BCUT2D eigenvalue weighted by molar-refractivity contribution is 0.130. The van der Waals surface area contributed by atoms with Gasteiger partial charge in [0.15, 0.2) is 0 Å². The van der Waals surface area contributed by atoms with E-state index >= 15 is 0 Å². The Labute approximate surface area is 115 Å². The molecule has 0 bridgehead atoms. The summed E-state index contributed by atoms with van der Waals surface area (Å²) in [4.78, 5) is 0. The molecule has 0 amide bonds. The SMILES string of the molecule is COc1ccc([C@@H](O)C[C@@H](N)C(C)(C)C)c(OC)c1. The number of nitrogens with two attached hydrogens (primary N) is 1. The fraction of sp³-hybridized carbons (Fsp3) is 0.600. The molecule has 0 heterocycles. The number of rotatable bonds is 5. The standard InChI is InChI=1S/C15H25NO3/c1-15(2,3)14(16)9-12(17)11-7-6-10(18-4)8-13(11)19-5/h6-8,12,14,17H,9,16H2,1-5H3/t12-,14+/m0/s1. The molecule has 1 aromatic rings. The molecule has 108 valence electrons. The molecule has 3 N–H and O–H groups in total. The van der Waals surface area contributed by atoms with Crippen molar-refractivity contribution in [3.05, 3.63) is 23.8 Å². The largest absolute Gasteiger partial charge is 0.497 e. The van der Waals surface area contributed by atoms with Crippen LogP contribution < -0.4 is 15.2 Å². The van der Waals surface area contributed by atoms with Gasteiger partial charge in [0.2, 0.25) is 0 Å². The summed E-state index contributed by atoms with van der Waals surface area (Å²) in [6.45, 7) is 6.20. The van der Waals surface area contributed by atoms with Crippen LogP contribution in [-0.2, 0) is 0 Å². The van der Waals surface area contributed by atoms with Crippen LogP contribution in [0.2, 0.25) is 0 Å². The van der Waals surface area contributed by atoms with Crippen molar-refractivity contribution in [1.29, 1.82) is 0 Å². The van der Waals surface area contributed by atoms with Crippen LogP contribution in [0.1, 0.15) is 38.9 Å². The molecule has 0 aliphatic carbocycles. The average molecular weight is 267 g/mol. The van der Waals surface area contributed by atoms with E-state index in [1.807, 2.05) is 12.1 Å². The molecule has 1 aromatic carbocycles. The molecule has 2 atom stereocenters. The molecule has 0 saturated heterocycles. The molecule has 0 radical (unpaired) electrons. The van der Waals surface area contributed by atoms with Crippen molar-refractivity contribution < 1.29 is 14.6 Å². The highest BCUT2D eigenvalue weighted by atomic mass is 16.5. The molecule has 0 fully saturated rings. The van der Waals surface area contributed by atoms with Gasteiger partial charge in [0.25, 0.3) is 0 Å². The molecule has 0 unspecified atom stereocenters. The van der Waals surface area contributed by atoms with Gasteiger partial charge < -0.3 is 20.3 Å². The van der Waals surface area contributed by atoms with Crippen molar-refractivity contribution in [2.75, 3.05) is 14.2 Å². The third-order valence-corrected chi connectivity index (χ3v) is 3.39. The molecule has 0 aromatic heterocycles. The van der Waals surface area contributed by atoms with E-state index in [0.29, 0.717) is 17.9 Å². The first-order chi connectivity index (χ1) is 8.79. The Morgan fingerprint density at radius 3 is 2.32 bits per heavy atom. The summed E-state index contributed by atoms with van der Waals surface area (Å²) >= 11 is 0. The Morgan fingerprint density at radius 2 is 1.84 bits per heavy atom. The maximum absolute atomic E-state index is 10.3. The van der Waals surface area contributed by atoms with E-state index in [2.05, 4.69) is 20.8 Å². The number of benzene rings is 1. The van der Waals surface area contributed by atoms with E-state index in [1.54, 1.807) is 20.3 Å². The molecule has 4 nitrogen and oxygen atoms in total. The number of ether oxygens (including phenoxy) is 2. The number of aliphatic hydroxyl groups is 1. The molecular weight excluding hydrogens is 242 g/mol. The highest BCUT2D eigenvalue weighted by Gasteiger charge is 2.25. The quantitative estimate of drug-likeness (QED) is 0.860. The minimum absolute atomic E-state index is 0.0410. The van der Waals surface area contributed by atoms with Crippen LogP contribution in [0.3, 0.4) is 0 Å². The predicted octanol–water partition coefficient (Wildman–Crippen LogP) is 2.50. The smallest absolute Gasteiger partial charge is 0.128 e. The van der Waals surface area contributed by atoms with Gasteiger partial charge in [-0.3, -0.25) is 0 Å². The minimum Gasteiger partial charge on any atom is -0.497 e. The van der Waals surface area contributed by atoms with Gasteiger partial charge >= 0.3 is 0 Å². The van der Waals surface area contributed by atoms with Crippen LogP contribution in [0.25, 0.3) is 0 Å². The van der Waals surface area contributed by atoms with E-state index in [-0.39, 0.29) is 11.5 Å². The zero-order valence-corrected chi connectivity index (χ0v) is 12.4. The van der Waals surface area contributed by atoms with Gasteiger partial charge in [-0.1, -0.05) is 20.8 Å². The molecule has 0 aliphatic heterocycles. The fourth-order valence-electron chi connectivity index (χ4n) is 1.81. The van der Waals surface area contributed by atoms with E-state index < -0.39 is 6.10 Å². The first-order valence-electron chi connectivity index (χ1n) is 6.45. The number of hydrogen-bond acceptors (Lipinski definition) is 4. The van der Waals surface area contributed by atoms with E-state index in [0.717, 1.165) is 5.56 Å². The number of aliphatic hydroxyl groups excluding tert-OH is 1. The Kier molecular flexibility index (Phi) is 5.20. The van der Waals surface area contributed by atoms with Crippen molar-refractivity contribution >= 4 is 0 Å². The monoisotopic (exact) mass is 267 g/mol. The van der Waals surface area contributed by atoms with Crippen molar-refractivity contribution in [2.45, 2.75) is 39.3 Å². The molecule has 0 aliphatic rings. The molecule has 0 spiro atoms. The molecule has 19 heavy (non-hydrogen) atoms. The maximum atomic E-state index is 10.3. The summed E-state index contributed by atoms with van der Waals surface area (Å²) in [6, 6.07) is 5.30. The van der Waals surface area contributed by atoms with Crippen molar-refractivity contribution in [3.63, 3.8) is 0 Å². The summed E-state index contributed by atoms with van der Waals surface area (Å²) in [7, 11) is 3.18. The first-order valence-corrected chi connectivity index (χ1v) is 6.45. The number of hydrogen-bond donors (Lipinski definition) is 2. The highest BCUT2D eigenvalue weighted by molar-refractivity contribution is 5.42. The fourth-order valence-corrected chi connectivity index (χ4v) is 1.81. The van der Waals surface area contributed by atoms with Gasteiger partial charge in [0.1, 0.15) is 11.5 Å². The molecule has 0 saturated carbocycles. The van der Waals surface area contributed by atoms with Crippen molar-refractivity contribution in [1.82, 2.24) is 0 Å². The summed E-state index contributed by atoms with van der Waals surface area (Å²) < 4.78 is 10.4. The zero-order chi connectivity index (χ0) is 14.6. The maximum Gasteiger partial charge on any atom is 0.128 e. The van der Waals surface area contributed by atoms with Gasteiger partial charge in [0, 0.05) is 17.7 Å². The summed E-state index contributed by atoms with van der Waals surface area (Å²) in [5.41, 5.74) is 6.81. The topological polar surface area (TPSA) is 64.7 Å². The van der Waals surface area contributed by atoms with Gasteiger partial charge in [-0.15, -0.1) is 0 Å². The summed E-state index contributed by atoms with van der Waals surface area (Å²) in [5.74, 6) is 1.32. The van der Waals surface area contributed by atoms with Crippen LogP contribution in [0.4, 0.5) is 0 Å². The van der Waals surface area contributed by atoms with Crippen molar-refractivity contribution in [3.8, 4) is 11.5 Å². The lowest BCUT2D eigenvalue weighted by atomic mass is 9.83. The Morgan fingerprint density at radius 1 is 1.21 bits per heavy atom. The Balaban J connectivity index is 2.90. The second-order valence-corrected chi connectivity index (χ2v) is 5.83. The minimum atomic E-state index is -0.643. The second kappa shape index (κ2) is 6.26. The van der Waals surface area contributed by atoms with Gasteiger partial charge in [-0.05, 0) is 24.0 Å². The van der Waals surface area contributed by atoms with Crippen molar-refractivity contribution in [2.24, 2.45) is 11.1 Å². The van der Waals surface area contributed by atoms with E-state index in [1.165, 1.54) is 0 Å². The van der Waals surface area contributed by atoms with Crippen LogP contribution in [0.15, 0.2) is 18.2 Å². The van der Waals surface area contributed by atoms with Gasteiger partial charge in [0.05, 0.1) is 20.3 Å². The first kappa shape index (κ1) is 15.8. The summed E-state index contributed by atoms with van der Waals surface area (Å²) in [5, 5.41) is 10.3. The normalized spacial score (nSPS) is 14.9. The average Bonchev–Trinajstić information content (AvgIpc) is 2.36. The predicted molar refractivity (Wildman–Crippen MR) is 76.6 cm³/mol.